The third-order valence-electron chi connectivity index (χ3n) is 15.5. The topological polar surface area (TPSA) is 83.1 Å². The van der Waals surface area contributed by atoms with Gasteiger partial charge in [0.15, 0.2) is 11.5 Å². The number of carbonyl (C=O) groups excluding carboxylic acids is 2. The smallest absolute Gasteiger partial charge is 0.341 e. The van der Waals surface area contributed by atoms with Crippen molar-refractivity contribution in [3.8, 4) is 11.5 Å². The van der Waals surface area contributed by atoms with Crippen LogP contribution in [-0.4, -0.2) is 53.0 Å². The molecule has 7 nitrogen and oxygen atoms in total. The van der Waals surface area contributed by atoms with Crippen molar-refractivity contribution in [2.24, 2.45) is 52.3 Å². The Morgan fingerprint density at radius 3 is 1.91 bits per heavy atom. The highest BCUT2D eigenvalue weighted by Crippen LogP contribution is 2.68. The molecule has 314 valence electrons. The van der Waals surface area contributed by atoms with Crippen molar-refractivity contribution in [3.63, 3.8) is 0 Å². The molecule has 6 rings (SSSR count). The molecule has 4 saturated carbocycles. The van der Waals surface area contributed by atoms with Crippen molar-refractivity contribution in [2.75, 3.05) is 35.0 Å². The van der Waals surface area contributed by atoms with Crippen molar-refractivity contribution in [1.29, 1.82) is 0 Å². The minimum absolute atomic E-state index is 0.198. The van der Waals surface area contributed by atoms with E-state index in [4.69, 9.17) is 42.1 Å². The lowest BCUT2D eigenvalue weighted by Crippen LogP contribution is -2.55. The molecule has 0 amide bonds. The lowest BCUT2D eigenvalue weighted by molar-refractivity contribution is -0.117. The van der Waals surface area contributed by atoms with Crippen molar-refractivity contribution in [2.45, 2.75) is 118 Å². The van der Waals surface area contributed by atoms with Crippen LogP contribution in [-0.2, 0) is 9.47 Å². The van der Waals surface area contributed by atoms with Crippen LogP contribution in [0.3, 0.4) is 0 Å². The molecule has 0 spiro atoms. The maximum atomic E-state index is 12.9. The molecule has 0 saturated heterocycles. The summed E-state index contributed by atoms with van der Waals surface area (Å²) >= 11 is 13.4. The summed E-state index contributed by atoms with van der Waals surface area (Å²) in [6, 6.07) is 7.32. The van der Waals surface area contributed by atoms with E-state index in [-0.39, 0.29) is 32.7 Å². The minimum Gasteiger partial charge on any atom is -0.494 e. The molecule has 4 aliphatic rings. The van der Waals surface area contributed by atoms with Crippen LogP contribution in [0.15, 0.2) is 30.3 Å². The number of carbonyl (C=O) groups is 2. The van der Waals surface area contributed by atoms with Gasteiger partial charge in [-0.2, -0.15) is 0 Å². The summed E-state index contributed by atoms with van der Waals surface area (Å²) < 4.78 is 21.2. The first-order chi connectivity index (χ1) is 27.2. The number of nitrogens with one attached hydrogen (secondary N) is 1. The number of hydrogen-bond donors (Lipinski definition) is 1. The van der Waals surface area contributed by atoms with Crippen molar-refractivity contribution in [1.82, 2.24) is 5.32 Å². The number of halogens is 2. The maximum Gasteiger partial charge on any atom is 0.341 e. The van der Waals surface area contributed by atoms with E-state index in [1.165, 1.54) is 99.1 Å². The summed E-state index contributed by atoms with van der Waals surface area (Å²) in [5.41, 5.74) is 3.35. The second kappa shape index (κ2) is 18.3. The van der Waals surface area contributed by atoms with E-state index >= 15 is 0 Å². The molecule has 2 aromatic carbocycles. The Hall–Kier alpha value is -2.74. The fourth-order valence-corrected chi connectivity index (χ4v) is 13.2. The summed E-state index contributed by atoms with van der Waals surface area (Å²) in [6.45, 7) is 13.2. The summed E-state index contributed by atoms with van der Waals surface area (Å²) in [6.07, 6.45) is 18.2. The molecular weight excluding hydrogens is 757 g/mol. The fourth-order valence-electron chi connectivity index (χ4n) is 12.6. The van der Waals surface area contributed by atoms with E-state index in [0.29, 0.717) is 34.5 Å². The first-order valence-electron chi connectivity index (χ1n) is 21.6. The van der Waals surface area contributed by atoms with Gasteiger partial charge < -0.3 is 24.3 Å². The zero-order chi connectivity index (χ0) is 41.2. The van der Waals surface area contributed by atoms with Gasteiger partial charge in [0.05, 0.1) is 38.5 Å². The highest BCUT2D eigenvalue weighted by Gasteiger charge is 2.60. The van der Waals surface area contributed by atoms with E-state index in [1.54, 1.807) is 24.3 Å². The normalized spacial score (nSPS) is 29.8. The van der Waals surface area contributed by atoms with Crippen LogP contribution < -0.4 is 14.8 Å². The fraction of sp³-hybridized carbons (Fsp3) is 0.667. The zero-order valence-corrected chi connectivity index (χ0v) is 37.4. The van der Waals surface area contributed by atoms with Crippen LogP contribution in [0.1, 0.15) is 144 Å². The molecule has 0 heterocycles. The molecule has 1 N–H and O–H groups in total. The van der Waals surface area contributed by atoms with E-state index in [1.807, 2.05) is 0 Å². The largest absolute Gasteiger partial charge is 0.494 e. The van der Waals surface area contributed by atoms with Crippen molar-refractivity contribution < 1.29 is 28.5 Å². The molecule has 4 fully saturated rings. The average molecular weight is 825 g/mol. The van der Waals surface area contributed by atoms with Gasteiger partial charge in [0.1, 0.15) is 11.1 Å². The van der Waals surface area contributed by atoms with Gasteiger partial charge in [-0.05, 0) is 151 Å². The second-order valence-corrected chi connectivity index (χ2v) is 19.6. The monoisotopic (exact) mass is 823 g/mol. The summed E-state index contributed by atoms with van der Waals surface area (Å²) in [5.74, 6) is 5.18. The van der Waals surface area contributed by atoms with E-state index in [2.05, 4.69) is 46.0 Å². The van der Waals surface area contributed by atoms with Crippen LogP contribution in [0.4, 0.5) is 0 Å². The van der Waals surface area contributed by atoms with E-state index in [0.717, 1.165) is 53.4 Å². The molecule has 4 aliphatic carbocycles. The number of rotatable bonds is 14. The van der Waals surface area contributed by atoms with Gasteiger partial charge >= 0.3 is 11.9 Å². The predicted octanol–water partition coefficient (Wildman–Crippen LogP) is 12.1. The Balaban J connectivity index is 1.20. The summed E-state index contributed by atoms with van der Waals surface area (Å²) in [4.78, 5) is 25.8. The van der Waals surface area contributed by atoms with Crippen LogP contribution in [0.25, 0.3) is 5.57 Å². The van der Waals surface area contributed by atoms with Crippen LogP contribution in [0.2, 0.25) is 10.0 Å². The van der Waals surface area contributed by atoms with Crippen molar-refractivity contribution in [3.05, 3.63) is 62.6 Å². The number of esters is 2. The average Bonchev–Trinajstić information content (AvgIpc) is 3.55. The highest BCUT2D eigenvalue weighted by atomic mass is 35.5. The van der Waals surface area contributed by atoms with E-state index in [9.17, 15) is 9.59 Å². The Kier molecular flexibility index (Phi) is 14.0. The van der Waals surface area contributed by atoms with E-state index < -0.39 is 11.9 Å². The predicted molar refractivity (Wildman–Crippen MR) is 231 cm³/mol. The van der Waals surface area contributed by atoms with Gasteiger partial charge in [-0.1, -0.05) is 83.2 Å². The lowest BCUT2D eigenvalue weighted by Gasteiger charge is -2.61. The molecule has 0 aromatic heterocycles. The molecule has 0 unspecified atom stereocenters. The van der Waals surface area contributed by atoms with Crippen LogP contribution in [0, 0.1) is 52.3 Å². The molecule has 9 atom stereocenters. The van der Waals surface area contributed by atoms with Gasteiger partial charge in [-0.15, -0.1) is 0 Å². The van der Waals surface area contributed by atoms with Crippen molar-refractivity contribution >= 4 is 40.7 Å². The van der Waals surface area contributed by atoms with Gasteiger partial charge in [0.25, 0.3) is 0 Å². The van der Waals surface area contributed by atoms with Gasteiger partial charge in [-0.25, -0.2) is 9.59 Å². The quantitative estimate of drug-likeness (QED) is 0.190. The Morgan fingerprint density at radius 1 is 0.772 bits per heavy atom. The lowest BCUT2D eigenvalue weighted by atomic mass is 9.44. The van der Waals surface area contributed by atoms with Crippen LogP contribution >= 0.6 is 23.2 Å². The Bertz CT molecular complexity index is 1730. The number of ether oxygens (including phenoxy) is 4. The minimum atomic E-state index is -0.571. The molecule has 2 aromatic rings. The maximum absolute atomic E-state index is 12.9. The summed E-state index contributed by atoms with van der Waals surface area (Å²) in [7, 11) is 5.58. The molecule has 57 heavy (non-hydrogen) atoms. The Labute approximate surface area is 352 Å². The van der Waals surface area contributed by atoms with Gasteiger partial charge in [0.2, 0.25) is 0 Å². The zero-order valence-electron chi connectivity index (χ0n) is 35.9. The Morgan fingerprint density at radius 2 is 1.35 bits per heavy atom. The summed E-state index contributed by atoms with van der Waals surface area (Å²) in [5, 5.41) is 4.42. The SMILES string of the molecule is COC(=O)c1cc(C(=CCN[C@H]2CC[C@@]3(C)[C@@H](CC[C@@H]4[C@@H]3CC[C@]3(C)[C@@H]([C@H](C)CCCC(C)C)CC[C@@H]43)C2)c2cc(Cl)c(OC)c(C(=O)OC)c2)cc(Cl)c1OC. The van der Waals surface area contributed by atoms with Crippen LogP contribution in [0.5, 0.6) is 11.5 Å². The number of methoxy groups -OCH3 is 4. The highest BCUT2D eigenvalue weighted by molar-refractivity contribution is 6.33. The first kappa shape index (κ1) is 43.8. The molecular formula is C48H67Cl2NO6. The number of hydrogen-bond acceptors (Lipinski definition) is 7. The van der Waals surface area contributed by atoms with Gasteiger partial charge in [0, 0.05) is 12.6 Å². The number of fused-ring (bicyclic) bond motifs is 5. The third-order valence-corrected chi connectivity index (χ3v) is 16.1. The van der Waals surface area contributed by atoms with Gasteiger partial charge in [-0.3, -0.25) is 0 Å². The second-order valence-electron chi connectivity index (χ2n) is 18.7. The number of benzene rings is 2. The molecule has 0 bridgehead atoms. The standard InChI is InChI=1S/C48H67Cl2NO6/c1-28(2)11-10-12-29(3)38-15-16-39-35-14-13-32-27-33(17-20-47(32,4)40(35)18-21-48(38,39)5)51-22-19-34(30-23-36(45(52)56-8)43(54-6)41(49)25-30)31-24-37(46(53)57-9)44(55-7)42(50)26-31/h19,23-26,28-29,32-33,35,38-40,51H,10-18,20-22,27H2,1-9H3/t29-,32+,33+,35+,38-,39+,40+,47+,48-/m1/s1. The molecule has 0 radical (unpaired) electrons. The molecule has 0 aliphatic heterocycles. The molecule has 9 heteroatoms. The first-order valence-corrected chi connectivity index (χ1v) is 22.3. The third kappa shape index (κ3) is 8.64.